The second-order valence-corrected chi connectivity index (χ2v) is 13.5. The zero-order chi connectivity index (χ0) is 31.9. The lowest BCUT2D eigenvalue weighted by atomic mass is 10.0. The largest absolute Gasteiger partial charge is 0.352 e. The van der Waals surface area contributed by atoms with E-state index in [4.69, 9.17) is 11.6 Å². The molecule has 0 aliphatic rings. The number of anilines is 1. The van der Waals surface area contributed by atoms with E-state index in [1.54, 1.807) is 54.6 Å². The van der Waals surface area contributed by atoms with Crippen LogP contribution in [0, 0.1) is 13.8 Å². The fraction of sp³-hybridized carbons (Fsp3) is 0.257. The van der Waals surface area contributed by atoms with E-state index in [1.807, 2.05) is 64.1 Å². The minimum absolute atomic E-state index is 0.0644. The van der Waals surface area contributed by atoms with Gasteiger partial charge >= 0.3 is 0 Å². The number of benzene rings is 4. The minimum atomic E-state index is -4.15. The molecule has 0 radical (unpaired) electrons. The molecular formula is C35H38ClN3O4S. The van der Waals surface area contributed by atoms with Crippen LogP contribution in [0.25, 0.3) is 0 Å². The van der Waals surface area contributed by atoms with Crippen LogP contribution in [0.2, 0.25) is 5.02 Å². The van der Waals surface area contributed by atoms with Crippen molar-refractivity contribution in [3.8, 4) is 0 Å². The van der Waals surface area contributed by atoms with Gasteiger partial charge in [0, 0.05) is 24.0 Å². The van der Waals surface area contributed by atoms with Crippen molar-refractivity contribution in [1.82, 2.24) is 10.2 Å². The van der Waals surface area contributed by atoms with Crippen LogP contribution in [0.5, 0.6) is 0 Å². The monoisotopic (exact) mass is 631 g/mol. The van der Waals surface area contributed by atoms with Crippen LogP contribution in [0.15, 0.2) is 108 Å². The Bertz CT molecular complexity index is 1660. The Balaban J connectivity index is 1.82. The Morgan fingerprint density at radius 2 is 1.36 bits per heavy atom. The lowest BCUT2D eigenvalue weighted by Gasteiger charge is -2.34. The highest BCUT2D eigenvalue weighted by atomic mass is 35.5. The number of nitrogens with one attached hydrogen (secondary N) is 1. The van der Waals surface area contributed by atoms with Crippen LogP contribution in [0.1, 0.15) is 36.1 Å². The zero-order valence-electron chi connectivity index (χ0n) is 25.4. The number of rotatable bonds is 12. The summed E-state index contributed by atoms with van der Waals surface area (Å²) in [5, 5.41) is 3.51. The van der Waals surface area contributed by atoms with E-state index in [1.165, 1.54) is 17.0 Å². The van der Waals surface area contributed by atoms with E-state index in [0.717, 1.165) is 26.6 Å². The normalized spacial score (nSPS) is 12.0. The molecule has 0 aliphatic heterocycles. The van der Waals surface area contributed by atoms with Gasteiger partial charge in [-0.2, -0.15) is 0 Å². The summed E-state index contributed by atoms with van der Waals surface area (Å²) in [6.07, 6.45) is 0.244. The average Bonchev–Trinajstić information content (AvgIpc) is 2.98. The maximum atomic E-state index is 14.5. The lowest BCUT2D eigenvalue weighted by Crippen LogP contribution is -2.54. The van der Waals surface area contributed by atoms with E-state index in [9.17, 15) is 18.0 Å². The molecule has 0 bridgehead atoms. The van der Waals surface area contributed by atoms with Gasteiger partial charge in [-0.3, -0.25) is 13.9 Å². The second-order valence-electron chi connectivity index (χ2n) is 11.2. The molecular weight excluding hydrogens is 594 g/mol. The summed E-state index contributed by atoms with van der Waals surface area (Å²) < 4.78 is 29.4. The molecule has 7 nitrogen and oxygen atoms in total. The number of carbonyl (C=O) groups is 2. The molecule has 4 aromatic carbocycles. The number of halogens is 1. The van der Waals surface area contributed by atoms with Gasteiger partial charge in [0.1, 0.15) is 12.6 Å². The Morgan fingerprint density at radius 1 is 0.795 bits per heavy atom. The SMILES string of the molecule is Cc1cc(C)cc(N(CC(=O)N(Cc2ccc(Cl)cc2)[C@@H](Cc2ccccc2)C(=O)NC(C)C)S(=O)(=O)c2ccccc2)c1. The molecule has 1 atom stereocenters. The molecule has 0 aliphatic carbocycles. The Morgan fingerprint density at radius 3 is 1.93 bits per heavy atom. The fourth-order valence-electron chi connectivity index (χ4n) is 5.06. The first-order chi connectivity index (χ1) is 20.9. The fourth-order valence-corrected chi connectivity index (χ4v) is 6.61. The van der Waals surface area contributed by atoms with E-state index in [-0.39, 0.29) is 29.8 Å². The van der Waals surface area contributed by atoms with Gasteiger partial charge in [0.25, 0.3) is 10.0 Å². The van der Waals surface area contributed by atoms with Crippen molar-refractivity contribution >= 4 is 39.1 Å². The van der Waals surface area contributed by atoms with Gasteiger partial charge in [-0.1, -0.05) is 78.3 Å². The molecule has 0 heterocycles. The third-order valence-corrected chi connectivity index (χ3v) is 9.11. The summed E-state index contributed by atoms with van der Waals surface area (Å²) in [7, 11) is -4.15. The van der Waals surface area contributed by atoms with E-state index in [2.05, 4.69) is 5.32 Å². The Kier molecular flexibility index (Phi) is 10.8. The van der Waals surface area contributed by atoms with Crippen LogP contribution in [-0.2, 0) is 32.6 Å². The molecule has 4 rings (SSSR count). The third kappa shape index (κ3) is 8.49. The van der Waals surface area contributed by atoms with Gasteiger partial charge in [-0.15, -0.1) is 0 Å². The second kappa shape index (κ2) is 14.6. The van der Waals surface area contributed by atoms with Gasteiger partial charge in [0.15, 0.2) is 0 Å². The van der Waals surface area contributed by atoms with Crippen LogP contribution < -0.4 is 9.62 Å². The summed E-state index contributed by atoms with van der Waals surface area (Å²) in [6.45, 7) is 7.04. The third-order valence-electron chi connectivity index (χ3n) is 7.07. The topological polar surface area (TPSA) is 86.8 Å². The van der Waals surface area contributed by atoms with Crippen molar-refractivity contribution in [2.75, 3.05) is 10.8 Å². The van der Waals surface area contributed by atoms with Gasteiger partial charge in [-0.25, -0.2) is 8.42 Å². The summed E-state index contributed by atoms with van der Waals surface area (Å²) in [5.74, 6) is -0.839. The first kappa shape index (κ1) is 32.8. The van der Waals surface area contributed by atoms with Gasteiger partial charge in [0.05, 0.1) is 10.6 Å². The lowest BCUT2D eigenvalue weighted by molar-refractivity contribution is -0.140. The number of nitrogens with zero attached hydrogens (tertiary/aromatic N) is 2. The highest BCUT2D eigenvalue weighted by molar-refractivity contribution is 7.92. The molecule has 0 fully saturated rings. The quantitative estimate of drug-likeness (QED) is 0.198. The first-order valence-electron chi connectivity index (χ1n) is 14.5. The maximum absolute atomic E-state index is 14.5. The molecule has 0 aromatic heterocycles. The van der Waals surface area contributed by atoms with Crippen LogP contribution >= 0.6 is 11.6 Å². The number of aryl methyl sites for hydroxylation is 2. The number of carbonyl (C=O) groups excluding carboxylic acids is 2. The predicted molar refractivity (Wildman–Crippen MR) is 176 cm³/mol. The standard InChI is InChI=1S/C35H38ClN3O4S/c1-25(2)37-35(41)33(22-28-11-7-5-8-12-28)38(23-29-15-17-30(36)18-16-29)34(40)24-39(31-20-26(3)19-27(4)21-31)44(42,43)32-13-9-6-10-14-32/h5-21,25,33H,22-24H2,1-4H3,(H,37,41)/t33-/m0/s1. The summed E-state index contributed by atoms with van der Waals surface area (Å²) in [5.41, 5.74) is 3.71. The van der Waals surface area contributed by atoms with Gasteiger partial charge < -0.3 is 10.2 Å². The number of amides is 2. The van der Waals surface area contributed by atoms with E-state index < -0.39 is 28.5 Å². The van der Waals surface area contributed by atoms with E-state index >= 15 is 0 Å². The van der Waals surface area contributed by atoms with Crippen molar-refractivity contribution in [2.24, 2.45) is 0 Å². The summed E-state index contributed by atoms with van der Waals surface area (Å²) in [4.78, 5) is 29.8. The van der Waals surface area contributed by atoms with Gasteiger partial charge in [-0.05, 0) is 86.3 Å². The highest BCUT2D eigenvalue weighted by Crippen LogP contribution is 2.27. The smallest absolute Gasteiger partial charge is 0.264 e. The Labute approximate surface area is 265 Å². The molecule has 9 heteroatoms. The molecule has 4 aromatic rings. The van der Waals surface area contributed by atoms with Crippen molar-refractivity contribution in [3.63, 3.8) is 0 Å². The molecule has 1 N–H and O–H groups in total. The van der Waals surface area contributed by atoms with Crippen molar-refractivity contribution in [2.45, 2.75) is 57.6 Å². The molecule has 0 spiro atoms. The van der Waals surface area contributed by atoms with Gasteiger partial charge in [0.2, 0.25) is 11.8 Å². The predicted octanol–water partition coefficient (Wildman–Crippen LogP) is 6.32. The van der Waals surface area contributed by atoms with Crippen LogP contribution in [-0.4, -0.2) is 43.8 Å². The van der Waals surface area contributed by atoms with Crippen LogP contribution in [0.3, 0.4) is 0 Å². The number of hydrogen-bond acceptors (Lipinski definition) is 4. The van der Waals surface area contributed by atoms with Crippen LogP contribution in [0.4, 0.5) is 5.69 Å². The molecule has 0 unspecified atom stereocenters. The van der Waals surface area contributed by atoms with Crippen molar-refractivity contribution in [3.05, 3.63) is 130 Å². The highest BCUT2D eigenvalue weighted by Gasteiger charge is 2.35. The van der Waals surface area contributed by atoms with Crippen molar-refractivity contribution in [1.29, 1.82) is 0 Å². The first-order valence-corrected chi connectivity index (χ1v) is 16.3. The van der Waals surface area contributed by atoms with Crippen molar-refractivity contribution < 1.29 is 18.0 Å². The number of sulfonamides is 1. The Hall–Kier alpha value is -4.14. The number of hydrogen-bond donors (Lipinski definition) is 1. The summed E-state index contributed by atoms with van der Waals surface area (Å²) in [6, 6.07) is 28.9. The maximum Gasteiger partial charge on any atom is 0.264 e. The molecule has 230 valence electrons. The zero-order valence-corrected chi connectivity index (χ0v) is 27.0. The minimum Gasteiger partial charge on any atom is -0.352 e. The molecule has 2 amide bonds. The molecule has 0 saturated carbocycles. The van der Waals surface area contributed by atoms with E-state index in [0.29, 0.717) is 10.7 Å². The molecule has 44 heavy (non-hydrogen) atoms. The summed E-state index contributed by atoms with van der Waals surface area (Å²) >= 11 is 6.14. The molecule has 0 saturated heterocycles. The average molecular weight is 632 g/mol.